The molecule has 0 heterocycles. The minimum atomic E-state index is -1.11. The molecule has 0 aliphatic rings. The molecule has 0 aliphatic carbocycles. The van der Waals surface area contributed by atoms with Gasteiger partial charge in [-0.25, -0.2) is 8.78 Å². The fourth-order valence-electron chi connectivity index (χ4n) is 1.30. The number of hydrogen-bond donors (Lipinski definition) is 1. The van der Waals surface area contributed by atoms with Crippen LogP contribution in [0.4, 0.5) is 14.5 Å². The fraction of sp³-hybridized carbons (Fsp3) is 0.0769. The zero-order valence-corrected chi connectivity index (χ0v) is 10.2. The van der Waals surface area contributed by atoms with Crippen LogP contribution in [0.1, 0.15) is 17.3 Å². The summed E-state index contributed by atoms with van der Waals surface area (Å²) in [5.74, 6) is -2.75. The maximum Gasteiger partial charge on any atom is 0.163 e. The van der Waals surface area contributed by atoms with E-state index >= 15 is 0 Å². The Kier molecular flexibility index (Phi) is 4.51. The third kappa shape index (κ3) is 2.95. The molecule has 0 atom stereocenters. The molecule has 1 rings (SSSR count). The smallest absolute Gasteiger partial charge is 0.163 e. The van der Waals surface area contributed by atoms with E-state index < -0.39 is 34.4 Å². The normalized spacial score (nSPS) is 8.80. The monoisotopic (exact) mass is 272 g/mol. The van der Waals surface area contributed by atoms with E-state index in [0.717, 1.165) is 19.1 Å². The number of allylic oxidation sites excluding steroid dienone is 2. The SMILES string of the molecule is CC(=O)c1cc(F)c(NC(C#N)=C(C#N)C#N)c(F)c1. The second-order valence-electron chi connectivity index (χ2n) is 3.58. The minimum absolute atomic E-state index is 0.172. The third-order valence-corrected chi connectivity index (χ3v) is 2.28. The van der Waals surface area contributed by atoms with Crippen molar-refractivity contribution in [2.75, 3.05) is 5.32 Å². The molecule has 0 spiro atoms. The first-order chi connectivity index (χ1) is 9.44. The molecule has 0 radical (unpaired) electrons. The van der Waals surface area contributed by atoms with Gasteiger partial charge in [-0.15, -0.1) is 0 Å². The Bertz CT molecular complexity index is 693. The molecular weight excluding hydrogens is 266 g/mol. The van der Waals surface area contributed by atoms with Crippen LogP contribution in [-0.2, 0) is 0 Å². The number of benzene rings is 1. The number of halogens is 2. The number of Topliss-reactive ketones (excluding diaryl/α,β-unsaturated/α-hetero) is 1. The molecule has 0 bridgehead atoms. The van der Waals surface area contributed by atoms with Gasteiger partial charge in [0.2, 0.25) is 0 Å². The summed E-state index contributed by atoms with van der Waals surface area (Å²) in [6.45, 7) is 1.14. The summed E-state index contributed by atoms with van der Waals surface area (Å²) in [6, 6.07) is 5.91. The van der Waals surface area contributed by atoms with Gasteiger partial charge in [0.25, 0.3) is 0 Å². The van der Waals surface area contributed by atoms with Crippen LogP contribution in [0, 0.1) is 45.6 Å². The van der Waals surface area contributed by atoms with E-state index in [0.29, 0.717) is 0 Å². The number of ketones is 1. The van der Waals surface area contributed by atoms with Gasteiger partial charge in [-0.05, 0) is 19.1 Å². The van der Waals surface area contributed by atoms with Crippen LogP contribution in [0.25, 0.3) is 0 Å². The highest BCUT2D eigenvalue weighted by atomic mass is 19.1. The molecule has 1 N–H and O–H groups in total. The molecule has 0 unspecified atom stereocenters. The molecule has 0 saturated heterocycles. The number of nitrogens with zero attached hydrogens (tertiary/aromatic N) is 3. The van der Waals surface area contributed by atoms with Crippen molar-refractivity contribution in [3.8, 4) is 18.2 Å². The van der Waals surface area contributed by atoms with Crippen molar-refractivity contribution in [3.63, 3.8) is 0 Å². The largest absolute Gasteiger partial charge is 0.340 e. The maximum absolute atomic E-state index is 13.7. The molecule has 0 fully saturated rings. The van der Waals surface area contributed by atoms with Crippen molar-refractivity contribution in [1.29, 1.82) is 15.8 Å². The summed E-state index contributed by atoms with van der Waals surface area (Å²) in [7, 11) is 0. The van der Waals surface area contributed by atoms with E-state index in [2.05, 4.69) is 0 Å². The topological polar surface area (TPSA) is 100 Å². The first-order valence-electron chi connectivity index (χ1n) is 5.16. The first-order valence-corrected chi connectivity index (χ1v) is 5.16. The van der Waals surface area contributed by atoms with Crippen molar-refractivity contribution >= 4 is 11.5 Å². The van der Waals surface area contributed by atoms with Crippen LogP contribution < -0.4 is 5.32 Å². The molecule has 98 valence electrons. The Morgan fingerprint density at radius 3 is 1.95 bits per heavy atom. The van der Waals surface area contributed by atoms with E-state index in [1.54, 1.807) is 0 Å². The lowest BCUT2D eigenvalue weighted by molar-refractivity contribution is 0.101. The lowest BCUT2D eigenvalue weighted by Crippen LogP contribution is -2.06. The van der Waals surface area contributed by atoms with E-state index in [1.807, 2.05) is 5.32 Å². The maximum atomic E-state index is 13.7. The Balaban J connectivity index is 3.35. The van der Waals surface area contributed by atoms with Crippen molar-refractivity contribution in [1.82, 2.24) is 0 Å². The van der Waals surface area contributed by atoms with E-state index in [4.69, 9.17) is 15.8 Å². The molecule has 1 aromatic carbocycles. The summed E-state index contributed by atoms with van der Waals surface area (Å²) in [5, 5.41) is 28.0. The van der Waals surface area contributed by atoms with Gasteiger partial charge < -0.3 is 5.32 Å². The van der Waals surface area contributed by atoms with Gasteiger partial charge in [-0.2, -0.15) is 15.8 Å². The average molecular weight is 272 g/mol. The molecule has 20 heavy (non-hydrogen) atoms. The van der Waals surface area contributed by atoms with Gasteiger partial charge in [0.15, 0.2) is 11.4 Å². The van der Waals surface area contributed by atoms with Crippen LogP contribution >= 0.6 is 0 Å². The van der Waals surface area contributed by atoms with Crippen molar-refractivity contribution in [2.45, 2.75) is 6.92 Å². The van der Waals surface area contributed by atoms with E-state index in [-0.39, 0.29) is 5.56 Å². The molecule has 7 heteroatoms. The number of nitriles is 3. The Hall–Kier alpha value is -3.24. The number of hydrogen-bond acceptors (Lipinski definition) is 5. The first kappa shape index (κ1) is 14.8. The van der Waals surface area contributed by atoms with Crippen LogP contribution in [0.3, 0.4) is 0 Å². The van der Waals surface area contributed by atoms with Crippen LogP contribution in [0.5, 0.6) is 0 Å². The zero-order chi connectivity index (χ0) is 15.3. The average Bonchev–Trinajstić information content (AvgIpc) is 2.41. The molecule has 1 aromatic rings. The van der Waals surface area contributed by atoms with Gasteiger partial charge in [-0.3, -0.25) is 4.79 Å². The molecular formula is C13H6F2N4O. The van der Waals surface area contributed by atoms with Gasteiger partial charge >= 0.3 is 0 Å². The van der Waals surface area contributed by atoms with Crippen LogP contribution in [0.2, 0.25) is 0 Å². The molecule has 0 saturated carbocycles. The lowest BCUT2D eigenvalue weighted by Gasteiger charge is -2.08. The predicted molar refractivity (Wildman–Crippen MR) is 63.9 cm³/mol. The summed E-state index contributed by atoms with van der Waals surface area (Å²) < 4.78 is 27.4. The highest BCUT2D eigenvalue weighted by Gasteiger charge is 2.16. The van der Waals surface area contributed by atoms with Gasteiger partial charge in [0, 0.05) is 5.56 Å². The second kappa shape index (κ2) is 6.08. The minimum Gasteiger partial charge on any atom is -0.340 e. The Morgan fingerprint density at radius 1 is 1.10 bits per heavy atom. The number of anilines is 1. The predicted octanol–water partition coefficient (Wildman–Crippen LogP) is 2.40. The van der Waals surface area contributed by atoms with Gasteiger partial charge in [0.1, 0.15) is 41.2 Å². The summed E-state index contributed by atoms with van der Waals surface area (Å²) in [5.41, 5.74) is -2.08. The highest BCUT2D eigenvalue weighted by Crippen LogP contribution is 2.23. The Labute approximate surface area is 113 Å². The van der Waals surface area contributed by atoms with Crippen LogP contribution in [-0.4, -0.2) is 5.78 Å². The number of rotatable bonds is 3. The summed E-state index contributed by atoms with van der Waals surface area (Å²) in [6.07, 6.45) is 0. The summed E-state index contributed by atoms with van der Waals surface area (Å²) >= 11 is 0. The fourth-order valence-corrected chi connectivity index (χ4v) is 1.30. The van der Waals surface area contributed by atoms with Crippen molar-refractivity contribution in [3.05, 3.63) is 40.6 Å². The zero-order valence-electron chi connectivity index (χ0n) is 10.2. The summed E-state index contributed by atoms with van der Waals surface area (Å²) in [4.78, 5) is 11.0. The lowest BCUT2D eigenvalue weighted by atomic mass is 10.1. The van der Waals surface area contributed by atoms with Crippen LogP contribution in [0.15, 0.2) is 23.4 Å². The second-order valence-corrected chi connectivity index (χ2v) is 3.58. The Morgan fingerprint density at radius 2 is 1.60 bits per heavy atom. The van der Waals surface area contributed by atoms with Gasteiger partial charge in [0.05, 0.1) is 0 Å². The number of carbonyl (C=O) groups is 1. The standard InChI is InChI=1S/C13H6F2N4O/c1-7(20)8-2-10(14)13(11(15)3-8)19-12(6-18)9(4-16)5-17/h2-3,19H,1H3. The quantitative estimate of drug-likeness (QED) is 0.672. The molecule has 0 aromatic heterocycles. The molecule has 0 aliphatic heterocycles. The van der Waals surface area contributed by atoms with Crippen molar-refractivity contribution in [2.24, 2.45) is 0 Å². The molecule has 0 amide bonds. The number of nitrogens with one attached hydrogen (secondary N) is 1. The highest BCUT2D eigenvalue weighted by molar-refractivity contribution is 5.94. The third-order valence-electron chi connectivity index (χ3n) is 2.28. The molecule has 5 nitrogen and oxygen atoms in total. The number of carbonyl (C=O) groups excluding carboxylic acids is 1. The van der Waals surface area contributed by atoms with E-state index in [1.165, 1.54) is 18.2 Å². The van der Waals surface area contributed by atoms with Gasteiger partial charge in [-0.1, -0.05) is 0 Å². The van der Waals surface area contributed by atoms with E-state index in [9.17, 15) is 13.6 Å². The van der Waals surface area contributed by atoms with Crippen molar-refractivity contribution < 1.29 is 13.6 Å².